The Bertz CT molecular complexity index is 120. The van der Waals surface area contributed by atoms with Crippen LogP contribution in [0.15, 0.2) is 0 Å². The van der Waals surface area contributed by atoms with Crippen molar-refractivity contribution < 1.29 is 4.74 Å². The Kier molecular flexibility index (Phi) is 9.35. The van der Waals surface area contributed by atoms with Crippen molar-refractivity contribution in [2.24, 2.45) is 11.7 Å². The molecule has 0 aliphatic heterocycles. The summed E-state index contributed by atoms with van der Waals surface area (Å²) in [6.45, 7) is 9.25. The second kappa shape index (κ2) is 9.44. The van der Waals surface area contributed by atoms with Crippen LogP contribution in [0.3, 0.4) is 0 Å². The van der Waals surface area contributed by atoms with Crippen molar-refractivity contribution >= 4 is 0 Å². The van der Waals surface area contributed by atoms with Crippen LogP contribution in [0.25, 0.3) is 0 Å². The summed E-state index contributed by atoms with van der Waals surface area (Å²) in [4.78, 5) is 2.41. The average Bonchev–Trinajstić information content (AvgIpc) is 2.22. The van der Waals surface area contributed by atoms with Crippen molar-refractivity contribution in [1.82, 2.24) is 4.90 Å². The molecule has 3 heteroatoms. The van der Waals surface area contributed by atoms with Gasteiger partial charge >= 0.3 is 0 Å². The molecule has 0 saturated heterocycles. The Morgan fingerprint density at radius 1 is 1.36 bits per heavy atom. The molecule has 0 aromatic heterocycles. The van der Waals surface area contributed by atoms with Gasteiger partial charge in [-0.25, -0.2) is 0 Å². The van der Waals surface area contributed by atoms with Crippen LogP contribution in [0.5, 0.6) is 0 Å². The highest BCUT2D eigenvalue weighted by molar-refractivity contribution is 4.65. The lowest BCUT2D eigenvalue weighted by Crippen LogP contribution is -2.35. The number of hydrogen-bond donors (Lipinski definition) is 1. The van der Waals surface area contributed by atoms with E-state index in [1.165, 1.54) is 12.8 Å². The lowest BCUT2D eigenvalue weighted by Gasteiger charge is -2.25. The summed E-state index contributed by atoms with van der Waals surface area (Å²) < 4.78 is 5.08. The molecule has 3 nitrogen and oxygen atoms in total. The maximum atomic E-state index is 5.73. The van der Waals surface area contributed by atoms with Gasteiger partial charge in [0, 0.05) is 20.2 Å². The molecule has 0 aliphatic carbocycles. The first-order chi connectivity index (χ1) is 6.78. The highest BCUT2D eigenvalue weighted by Gasteiger charge is 2.10. The van der Waals surface area contributed by atoms with Gasteiger partial charge in [-0.15, -0.1) is 0 Å². The van der Waals surface area contributed by atoms with E-state index in [2.05, 4.69) is 18.7 Å². The number of methoxy groups -OCH3 is 1. The van der Waals surface area contributed by atoms with Crippen LogP contribution in [-0.2, 0) is 4.74 Å². The summed E-state index contributed by atoms with van der Waals surface area (Å²) in [5.41, 5.74) is 5.73. The molecule has 0 saturated carbocycles. The second-order valence-electron chi connectivity index (χ2n) is 3.78. The fourth-order valence-electron chi connectivity index (χ4n) is 1.66. The molecule has 0 amide bonds. The molecular formula is C11H26N2O. The third-order valence-corrected chi connectivity index (χ3v) is 2.61. The second-order valence-corrected chi connectivity index (χ2v) is 3.78. The van der Waals surface area contributed by atoms with Crippen molar-refractivity contribution in [3.05, 3.63) is 0 Å². The van der Waals surface area contributed by atoms with Crippen LogP contribution >= 0.6 is 0 Å². The zero-order valence-corrected chi connectivity index (χ0v) is 9.96. The Balaban J connectivity index is 3.75. The molecule has 0 fully saturated rings. The third kappa shape index (κ3) is 6.35. The summed E-state index contributed by atoms with van der Waals surface area (Å²) in [6, 6.07) is 0. The summed E-state index contributed by atoms with van der Waals surface area (Å²) in [5.74, 6) is 0.650. The molecule has 14 heavy (non-hydrogen) atoms. The van der Waals surface area contributed by atoms with Gasteiger partial charge in [-0.2, -0.15) is 0 Å². The maximum absolute atomic E-state index is 5.73. The number of ether oxygens (including phenoxy) is 1. The van der Waals surface area contributed by atoms with E-state index in [0.717, 1.165) is 32.8 Å². The summed E-state index contributed by atoms with van der Waals surface area (Å²) in [5, 5.41) is 0. The Morgan fingerprint density at radius 2 is 2.07 bits per heavy atom. The molecule has 0 aromatic rings. The standard InChI is InChI=1S/C11H26N2O/c1-4-6-11(9-12)10-13(5-2)7-8-14-3/h11H,4-10,12H2,1-3H3. The predicted octanol–water partition coefficient (Wildman–Crippen LogP) is 1.33. The highest BCUT2D eigenvalue weighted by atomic mass is 16.5. The van der Waals surface area contributed by atoms with E-state index in [9.17, 15) is 0 Å². The number of nitrogens with two attached hydrogens (primary N) is 1. The zero-order valence-electron chi connectivity index (χ0n) is 9.96. The first-order valence-corrected chi connectivity index (χ1v) is 5.69. The van der Waals surface area contributed by atoms with E-state index in [-0.39, 0.29) is 0 Å². The lowest BCUT2D eigenvalue weighted by atomic mass is 10.0. The Hall–Kier alpha value is -0.120. The van der Waals surface area contributed by atoms with Gasteiger partial charge in [0.05, 0.1) is 6.61 Å². The monoisotopic (exact) mass is 202 g/mol. The highest BCUT2D eigenvalue weighted by Crippen LogP contribution is 2.06. The third-order valence-electron chi connectivity index (χ3n) is 2.61. The van der Waals surface area contributed by atoms with Gasteiger partial charge in [-0.05, 0) is 25.4 Å². The van der Waals surface area contributed by atoms with E-state index in [4.69, 9.17) is 10.5 Å². The van der Waals surface area contributed by atoms with Gasteiger partial charge in [-0.3, -0.25) is 0 Å². The van der Waals surface area contributed by atoms with E-state index in [1.807, 2.05) is 0 Å². The lowest BCUT2D eigenvalue weighted by molar-refractivity contribution is 0.139. The van der Waals surface area contributed by atoms with Crippen LogP contribution in [0.1, 0.15) is 26.7 Å². The molecule has 0 radical (unpaired) electrons. The van der Waals surface area contributed by atoms with Crippen LogP contribution in [-0.4, -0.2) is 44.8 Å². The van der Waals surface area contributed by atoms with Crippen LogP contribution in [0.4, 0.5) is 0 Å². The molecule has 86 valence electrons. The molecule has 0 rings (SSSR count). The molecule has 2 N–H and O–H groups in total. The van der Waals surface area contributed by atoms with Gasteiger partial charge in [0.25, 0.3) is 0 Å². The van der Waals surface area contributed by atoms with Crippen molar-refractivity contribution in [2.45, 2.75) is 26.7 Å². The Labute approximate surface area is 88.6 Å². The fraction of sp³-hybridized carbons (Fsp3) is 1.00. The first kappa shape index (κ1) is 13.9. The summed E-state index contributed by atoms with van der Waals surface area (Å²) in [6.07, 6.45) is 2.46. The summed E-state index contributed by atoms with van der Waals surface area (Å²) >= 11 is 0. The minimum absolute atomic E-state index is 0.650. The van der Waals surface area contributed by atoms with E-state index in [1.54, 1.807) is 7.11 Å². The van der Waals surface area contributed by atoms with Crippen LogP contribution in [0, 0.1) is 5.92 Å². The fourth-order valence-corrected chi connectivity index (χ4v) is 1.66. The molecule has 0 aromatic carbocycles. The average molecular weight is 202 g/mol. The molecule has 1 atom stereocenters. The van der Waals surface area contributed by atoms with Gasteiger partial charge < -0.3 is 15.4 Å². The van der Waals surface area contributed by atoms with Crippen LogP contribution < -0.4 is 5.73 Å². The minimum atomic E-state index is 0.650. The van der Waals surface area contributed by atoms with E-state index in [0.29, 0.717) is 5.92 Å². The molecule has 0 bridgehead atoms. The smallest absolute Gasteiger partial charge is 0.0589 e. The zero-order chi connectivity index (χ0) is 10.8. The van der Waals surface area contributed by atoms with E-state index < -0.39 is 0 Å². The number of likely N-dealkylation sites (N-methyl/N-ethyl adjacent to an activating group) is 1. The van der Waals surface area contributed by atoms with Crippen molar-refractivity contribution in [3.63, 3.8) is 0 Å². The predicted molar refractivity (Wildman–Crippen MR) is 61.4 cm³/mol. The summed E-state index contributed by atoms with van der Waals surface area (Å²) in [7, 11) is 1.75. The van der Waals surface area contributed by atoms with Gasteiger partial charge in [0.15, 0.2) is 0 Å². The molecular weight excluding hydrogens is 176 g/mol. The largest absolute Gasteiger partial charge is 0.383 e. The van der Waals surface area contributed by atoms with Gasteiger partial charge in [0.2, 0.25) is 0 Å². The van der Waals surface area contributed by atoms with Crippen LogP contribution in [0.2, 0.25) is 0 Å². The van der Waals surface area contributed by atoms with Crippen molar-refractivity contribution in [2.75, 3.05) is 39.9 Å². The quantitative estimate of drug-likeness (QED) is 0.613. The number of rotatable bonds is 9. The molecule has 0 aliphatic rings. The van der Waals surface area contributed by atoms with Crippen molar-refractivity contribution in [3.8, 4) is 0 Å². The SMILES string of the molecule is CCCC(CN)CN(CC)CCOC. The normalized spacial score (nSPS) is 13.5. The number of nitrogens with zero attached hydrogens (tertiary/aromatic N) is 1. The molecule has 1 unspecified atom stereocenters. The Morgan fingerprint density at radius 3 is 2.50 bits per heavy atom. The van der Waals surface area contributed by atoms with E-state index >= 15 is 0 Å². The molecule has 0 spiro atoms. The van der Waals surface area contributed by atoms with Gasteiger partial charge in [0.1, 0.15) is 0 Å². The first-order valence-electron chi connectivity index (χ1n) is 5.69. The molecule has 0 heterocycles. The maximum Gasteiger partial charge on any atom is 0.0589 e. The topological polar surface area (TPSA) is 38.5 Å². The van der Waals surface area contributed by atoms with Crippen molar-refractivity contribution in [1.29, 1.82) is 0 Å². The minimum Gasteiger partial charge on any atom is -0.383 e. The number of hydrogen-bond acceptors (Lipinski definition) is 3. The van der Waals surface area contributed by atoms with Gasteiger partial charge in [-0.1, -0.05) is 20.3 Å².